The van der Waals surface area contributed by atoms with Crippen molar-refractivity contribution in [3.63, 3.8) is 0 Å². The molecule has 1 fully saturated rings. The number of hydrogen-bond donors (Lipinski definition) is 0. The van der Waals surface area contributed by atoms with Crippen molar-refractivity contribution in [1.82, 2.24) is 14.8 Å². The predicted molar refractivity (Wildman–Crippen MR) is 146 cm³/mol. The van der Waals surface area contributed by atoms with Crippen LogP contribution < -0.4 is 4.90 Å². The molecule has 8 heteroatoms. The summed E-state index contributed by atoms with van der Waals surface area (Å²) >= 11 is 6.28. The molecular formula is C30H32ClFN4O2. The molecule has 2 amide bonds. The zero-order valence-electron chi connectivity index (χ0n) is 21.5. The van der Waals surface area contributed by atoms with Gasteiger partial charge in [0.1, 0.15) is 5.82 Å². The number of benzene rings is 2. The topological polar surface area (TPSA) is 56.8 Å². The average Bonchev–Trinajstić information content (AvgIpc) is 3.26. The number of para-hydroxylation sites is 1. The van der Waals surface area contributed by atoms with Crippen LogP contribution in [-0.2, 0) is 29.1 Å². The molecule has 2 unspecified atom stereocenters. The highest BCUT2D eigenvalue weighted by Crippen LogP contribution is 2.33. The van der Waals surface area contributed by atoms with Crippen molar-refractivity contribution < 1.29 is 14.0 Å². The number of rotatable bonds is 4. The minimum atomic E-state index is -0.481. The lowest BCUT2D eigenvalue weighted by atomic mass is 10.1. The van der Waals surface area contributed by atoms with Gasteiger partial charge in [0.05, 0.1) is 6.42 Å². The highest BCUT2D eigenvalue weighted by molar-refractivity contribution is 6.31. The number of pyridine rings is 1. The molecule has 38 heavy (non-hydrogen) atoms. The number of fused-ring (bicyclic) bond motifs is 3. The van der Waals surface area contributed by atoms with Gasteiger partial charge in [-0.05, 0) is 54.7 Å². The Hall–Kier alpha value is -3.29. The molecule has 2 aromatic carbocycles. The molecule has 0 spiro atoms. The molecule has 2 bridgehead atoms. The van der Waals surface area contributed by atoms with Gasteiger partial charge in [0, 0.05) is 73.9 Å². The third kappa shape index (κ3) is 5.74. The lowest BCUT2D eigenvalue weighted by molar-refractivity contribution is -0.132. The van der Waals surface area contributed by atoms with E-state index in [2.05, 4.69) is 16.0 Å². The molecule has 2 atom stereocenters. The number of nitrogens with zero attached hydrogens (tertiary/aromatic N) is 4. The molecule has 3 heterocycles. The number of carbonyl (C=O) groups is 2. The van der Waals surface area contributed by atoms with Crippen LogP contribution in [-0.4, -0.2) is 51.8 Å². The van der Waals surface area contributed by atoms with Crippen LogP contribution in [0, 0.1) is 5.82 Å². The van der Waals surface area contributed by atoms with Crippen molar-refractivity contribution in [2.45, 2.75) is 57.8 Å². The van der Waals surface area contributed by atoms with Gasteiger partial charge in [-0.3, -0.25) is 19.5 Å². The van der Waals surface area contributed by atoms with Gasteiger partial charge in [-0.15, -0.1) is 0 Å². The van der Waals surface area contributed by atoms with Gasteiger partial charge < -0.3 is 9.80 Å². The van der Waals surface area contributed by atoms with Crippen LogP contribution in [0.2, 0.25) is 5.02 Å². The maximum atomic E-state index is 14.6. The van der Waals surface area contributed by atoms with Crippen molar-refractivity contribution in [2.75, 3.05) is 18.0 Å². The summed E-state index contributed by atoms with van der Waals surface area (Å²) in [5.41, 5.74) is 3.04. The Kier molecular flexibility index (Phi) is 8.05. The van der Waals surface area contributed by atoms with E-state index in [0.717, 1.165) is 42.6 Å². The Bertz CT molecular complexity index is 1280. The third-order valence-corrected chi connectivity index (χ3v) is 8.10. The highest BCUT2D eigenvalue weighted by Gasteiger charge is 2.36. The van der Waals surface area contributed by atoms with E-state index in [1.165, 1.54) is 6.07 Å². The maximum Gasteiger partial charge on any atom is 0.227 e. The van der Waals surface area contributed by atoms with Crippen molar-refractivity contribution in [2.24, 2.45) is 0 Å². The molecule has 0 radical (unpaired) electrons. The zero-order valence-corrected chi connectivity index (χ0v) is 22.3. The summed E-state index contributed by atoms with van der Waals surface area (Å²) in [5, 5.41) is 0.249. The van der Waals surface area contributed by atoms with E-state index in [1.54, 1.807) is 25.3 Å². The summed E-state index contributed by atoms with van der Waals surface area (Å²) in [5.74, 6) is -0.697. The molecule has 0 saturated carbocycles. The van der Waals surface area contributed by atoms with Crippen LogP contribution in [0.25, 0.3) is 0 Å². The maximum absolute atomic E-state index is 14.6. The minimum Gasteiger partial charge on any atom is -0.336 e. The van der Waals surface area contributed by atoms with E-state index >= 15 is 0 Å². The summed E-state index contributed by atoms with van der Waals surface area (Å²) in [6.07, 6.45) is 6.29. The second kappa shape index (κ2) is 11.6. The first kappa shape index (κ1) is 26.3. The van der Waals surface area contributed by atoms with Gasteiger partial charge in [0.25, 0.3) is 0 Å². The molecule has 3 aromatic rings. The van der Waals surface area contributed by atoms with E-state index in [1.807, 2.05) is 46.3 Å². The van der Waals surface area contributed by atoms with Gasteiger partial charge in [-0.25, -0.2) is 4.39 Å². The van der Waals surface area contributed by atoms with Crippen molar-refractivity contribution in [1.29, 1.82) is 0 Å². The largest absolute Gasteiger partial charge is 0.336 e. The zero-order chi connectivity index (χ0) is 26.6. The fourth-order valence-electron chi connectivity index (χ4n) is 5.79. The lowest BCUT2D eigenvalue weighted by Crippen LogP contribution is -2.45. The molecular weight excluding hydrogens is 503 g/mol. The van der Waals surface area contributed by atoms with Crippen LogP contribution in [0.15, 0.2) is 67.0 Å². The fraction of sp³-hybridized carbons (Fsp3) is 0.367. The molecule has 0 aliphatic carbocycles. The highest BCUT2D eigenvalue weighted by atomic mass is 35.5. The van der Waals surface area contributed by atoms with E-state index in [4.69, 9.17) is 11.6 Å². The van der Waals surface area contributed by atoms with Crippen LogP contribution in [0.3, 0.4) is 0 Å². The third-order valence-electron chi connectivity index (χ3n) is 7.74. The summed E-state index contributed by atoms with van der Waals surface area (Å²) in [6.45, 7) is 3.75. The Morgan fingerprint density at radius 1 is 1.03 bits per heavy atom. The summed E-state index contributed by atoms with van der Waals surface area (Å²) < 4.78 is 14.6. The summed E-state index contributed by atoms with van der Waals surface area (Å²) in [6, 6.07) is 16.6. The van der Waals surface area contributed by atoms with Gasteiger partial charge in [-0.1, -0.05) is 41.9 Å². The summed E-state index contributed by atoms with van der Waals surface area (Å²) in [7, 11) is 0. The van der Waals surface area contributed by atoms with Crippen LogP contribution >= 0.6 is 11.6 Å². The molecule has 2 aliphatic rings. The predicted octanol–water partition coefficient (Wildman–Crippen LogP) is 5.24. The Balaban J connectivity index is 1.51. The minimum absolute atomic E-state index is 0.0268. The number of amides is 2. The average molecular weight is 535 g/mol. The Labute approximate surface area is 228 Å². The molecule has 198 valence electrons. The van der Waals surface area contributed by atoms with E-state index in [-0.39, 0.29) is 40.9 Å². The first-order chi connectivity index (χ1) is 18.4. The fourth-order valence-corrected chi connectivity index (χ4v) is 6.02. The summed E-state index contributed by atoms with van der Waals surface area (Å²) in [4.78, 5) is 37.0. The molecule has 6 nitrogen and oxygen atoms in total. The number of hydrogen-bond acceptors (Lipinski definition) is 4. The first-order valence-electron chi connectivity index (χ1n) is 13.1. The van der Waals surface area contributed by atoms with Crippen LogP contribution in [0.5, 0.6) is 0 Å². The van der Waals surface area contributed by atoms with Crippen LogP contribution in [0.1, 0.15) is 42.9 Å². The number of anilines is 1. The molecule has 5 rings (SSSR count). The molecule has 2 aliphatic heterocycles. The normalized spacial score (nSPS) is 20.1. The van der Waals surface area contributed by atoms with Crippen LogP contribution in [0.4, 0.5) is 10.1 Å². The standard InChI is InChI=1S/C30H32ClFN4O2/c1-21(37)35-15-13-24-11-12-25(36(24)18-22-6-5-14-33-17-22)20-34(19-23-7-2-3-10-29(23)35)30(38)16-26-27(31)8-4-9-28(26)32/h2-10,14,17,24-25H,11-13,15-16,18-20H2,1H3. The van der Waals surface area contributed by atoms with E-state index in [9.17, 15) is 14.0 Å². The van der Waals surface area contributed by atoms with Gasteiger partial charge in [0.2, 0.25) is 11.8 Å². The number of carbonyl (C=O) groups excluding carboxylic acids is 2. The Morgan fingerprint density at radius 2 is 1.84 bits per heavy atom. The second-order valence-corrected chi connectivity index (χ2v) is 10.6. The monoisotopic (exact) mass is 534 g/mol. The number of halogens is 2. The lowest BCUT2D eigenvalue weighted by Gasteiger charge is -2.34. The smallest absolute Gasteiger partial charge is 0.227 e. The van der Waals surface area contributed by atoms with Crippen molar-refractivity contribution in [3.05, 3.63) is 94.5 Å². The van der Waals surface area contributed by atoms with E-state index in [0.29, 0.717) is 19.6 Å². The molecule has 1 saturated heterocycles. The molecule has 0 N–H and O–H groups in total. The SMILES string of the molecule is CC(=O)N1CCC2CCC(CN(C(=O)Cc3c(F)cccc3Cl)Cc3ccccc31)N2Cc1cccnc1. The van der Waals surface area contributed by atoms with E-state index < -0.39 is 5.82 Å². The first-order valence-corrected chi connectivity index (χ1v) is 13.5. The number of aromatic nitrogens is 1. The second-order valence-electron chi connectivity index (χ2n) is 10.2. The van der Waals surface area contributed by atoms with Crippen molar-refractivity contribution in [3.8, 4) is 0 Å². The molecule has 1 aromatic heterocycles. The van der Waals surface area contributed by atoms with Gasteiger partial charge in [-0.2, -0.15) is 0 Å². The van der Waals surface area contributed by atoms with Crippen molar-refractivity contribution >= 4 is 29.1 Å². The van der Waals surface area contributed by atoms with Gasteiger partial charge >= 0.3 is 0 Å². The Morgan fingerprint density at radius 3 is 2.61 bits per heavy atom. The van der Waals surface area contributed by atoms with Gasteiger partial charge in [0.15, 0.2) is 0 Å². The quantitative estimate of drug-likeness (QED) is 0.459.